The van der Waals surface area contributed by atoms with E-state index in [1.807, 2.05) is 45.0 Å². The molecule has 2 N–H and O–H groups in total. The Morgan fingerprint density at radius 2 is 1.86 bits per heavy atom. The third-order valence-electron chi connectivity index (χ3n) is 2.85. The summed E-state index contributed by atoms with van der Waals surface area (Å²) in [6.45, 7) is 5.85. The van der Waals surface area contributed by atoms with Crippen molar-refractivity contribution in [2.45, 2.75) is 26.4 Å². The maximum absolute atomic E-state index is 5.93. The summed E-state index contributed by atoms with van der Waals surface area (Å²) in [4.78, 5) is 4.46. The van der Waals surface area contributed by atoms with Crippen molar-refractivity contribution in [1.29, 1.82) is 0 Å². The molecule has 0 radical (unpaired) electrons. The van der Waals surface area contributed by atoms with E-state index in [9.17, 15) is 0 Å². The zero-order chi connectivity index (χ0) is 15.0. The number of hydrogen-bond acceptors (Lipinski definition) is 5. The Bertz CT molecular complexity index is 788. The van der Waals surface area contributed by atoms with E-state index in [2.05, 4.69) is 15.3 Å². The molecule has 6 nitrogen and oxygen atoms in total. The summed E-state index contributed by atoms with van der Waals surface area (Å²) in [6.07, 6.45) is 0. The smallest absolute Gasteiger partial charge is 0.239 e. The minimum Gasteiger partial charge on any atom is -0.470 e. The lowest BCUT2D eigenvalue weighted by molar-refractivity contribution is 0.125. The molecule has 6 heteroatoms. The Labute approximate surface area is 122 Å². The summed E-state index contributed by atoms with van der Waals surface area (Å²) in [5, 5.41) is 8.26. The van der Waals surface area contributed by atoms with E-state index >= 15 is 0 Å². The van der Waals surface area contributed by atoms with Crippen molar-refractivity contribution in [1.82, 2.24) is 20.0 Å². The highest BCUT2D eigenvalue weighted by molar-refractivity contribution is 5.75. The lowest BCUT2D eigenvalue weighted by atomic mass is 10.2. The number of nitrogen functional groups attached to an aromatic ring is 1. The van der Waals surface area contributed by atoms with Crippen molar-refractivity contribution in [3.8, 4) is 11.7 Å². The number of rotatable bonds is 2. The second-order valence-electron chi connectivity index (χ2n) is 5.77. The average molecular weight is 283 g/mol. The van der Waals surface area contributed by atoms with E-state index in [-0.39, 0.29) is 5.60 Å². The third-order valence-corrected chi connectivity index (χ3v) is 2.85. The summed E-state index contributed by atoms with van der Waals surface area (Å²) in [5.74, 6) is 1.02. The van der Waals surface area contributed by atoms with Crippen LogP contribution in [0.4, 0.5) is 5.69 Å². The monoisotopic (exact) mass is 283 g/mol. The van der Waals surface area contributed by atoms with Crippen LogP contribution in [-0.2, 0) is 0 Å². The molecule has 21 heavy (non-hydrogen) atoms. The fraction of sp³-hybridized carbons (Fsp3) is 0.267. The van der Waals surface area contributed by atoms with Crippen LogP contribution in [0.5, 0.6) is 5.88 Å². The molecule has 0 saturated carbocycles. The highest BCUT2D eigenvalue weighted by Crippen LogP contribution is 2.25. The molecule has 0 atom stereocenters. The minimum atomic E-state index is -0.371. The van der Waals surface area contributed by atoms with Gasteiger partial charge in [0.05, 0.1) is 11.2 Å². The molecule has 1 aromatic carbocycles. The second-order valence-corrected chi connectivity index (χ2v) is 5.77. The molecule has 0 aliphatic rings. The minimum absolute atomic E-state index is 0.371. The molecule has 0 amide bonds. The van der Waals surface area contributed by atoms with Crippen molar-refractivity contribution < 1.29 is 4.74 Å². The Morgan fingerprint density at radius 1 is 1.10 bits per heavy atom. The van der Waals surface area contributed by atoms with Crippen molar-refractivity contribution in [2.75, 3.05) is 5.73 Å². The van der Waals surface area contributed by atoms with Crippen molar-refractivity contribution in [3.05, 3.63) is 36.4 Å². The molecule has 3 rings (SSSR count). The predicted octanol–water partition coefficient (Wildman–Crippen LogP) is 2.58. The van der Waals surface area contributed by atoms with Gasteiger partial charge in [0.15, 0.2) is 5.82 Å². The van der Waals surface area contributed by atoms with Gasteiger partial charge in [0.2, 0.25) is 5.88 Å². The first-order chi connectivity index (χ1) is 9.94. The number of fused-ring (bicyclic) bond motifs is 1. The Kier molecular flexibility index (Phi) is 3.01. The van der Waals surface area contributed by atoms with Gasteiger partial charge in [-0.2, -0.15) is 9.67 Å². The third kappa shape index (κ3) is 2.65. The van der Waals surface area contributed by atoms with Crippen molar-refractivity contribution in [2.24, 2.45) is 0 Å². The van der Waals surface area contributed by atoms with Crippen LogP contribution < -0.4 is 10.5 Å². The number of nitrogens with two attached hydrogens (primary N) is 1. The van der Waals surface area contributed by atoms with Crippen LogP contribution in [0.1, 0.15) is 20.8 Å². The predicted molar refractivity (Wildman–Crippen MR) is 81.5 cm³/mol. The Hall–Kier alpha value is -2.63. The molecule has 0 saturated heterocycles. The maximum Gasteiger partial charge on any atom is 0.239 e. The van der Waals surface area contributed by atoms with Crippen LogP contribution in [-0.4, -0.2) is 25.6 Å². The van der Waals surface area contributed by atoms with Crippen LogP contribution in [0.2, 0.25) is 0 Å². The van der Waals surface area contributed by atoms with Gasteiger partial charge in [0.25, 0.3) is 0 Å². The molecule has 0 unspecified atom stereocenters. The summed E-state index contributed by atoms with van der Waals surface area (Å²) in [7, 11) is 0. The number of aromatic nitrogens is 4. The van der Waals surface area contributed by atoms with Gasteiger partial charge in [-0.25, -0.2) is 0 Å². The molecular weight excluding hydrogens is 266 g/mol. The number of nitrogens with zero attached hydrogens (tertiary/aromatic N) is 4. The number of pyridine rings is 1. The van der Waals surface area contributed by atoms with Gasteiger partial charge in [-0.05, 0) is 45.0 Å². The molecule has 0 spiro atoms. The summed E-state index contributed by atoms with van der Waals surface area (Å²) >= 11 is 0. The van der Waals surface area contributed by atoms with Crippen LogP contribution in [0, 0.1) is 0 Å². The van der Waals surface area contributed by atoms with Gasteiger partial charge in [0.1, 0.15) is 11.1 Å². The molecular formula is C15H17N5O. The first kappa shape index (κ1) is 13.4. The first-order valence-corrected chi connectivity index (χ1v) is 6.70. The van der Waals surface area contributed by atoms with Gasteiger partial charge in [-0.15, -0.1) is 5.10 Å². The lowest BCUT2D eigenvalue weighted by Crippen LogP contribution is -2.24. The quantitative estimate of drug-likeness (QED) is 0.782. The number of hydrogen-bond donors (Lipinski definition) is 1. The van der Waals surface area contributed by atoms with E-state index < -0.39 is 0 Å². The summed E-state index contributed by atoms with van der Waals surface area (Å²) < 4.78 is 7.46. The highest BCUT2D eigenvalue weighted by atomic mass is 16.5. The van der Waals surface area contributed by atoms with Crippen LogP contribution in [0.3, 0.4) is 0 Å². The first-order valence-electron chi connectivity index (χ1n) is 6.70. The van der Waals surface area contributed by atoms with Crippen LogP contribution >= 0.6 is 0 Å². The summed E-state index contributed by atoms with van der Waals surface area (Å²) in [6, 6.07) is 11.3. The Morgan fingerprint density at radius 3 is 2.62 bits per heavy atom. The van der Waals surface area contributed by atoms with Crippen LogP contribution in [0.25, 0.3) is 16.9 Å². The second kappa shape index (κ2) is 4.73. The molecule has 0 aliphatic carbocycles. The Balaban J connectivity index is 2.09. The van der Waals surface area contributed by atoms with E-state index in [4.69, 9.17) is 10.5 Å². The standard InChI is InChI=1S/C15H17N5O/c1-15(2,3)21-14-10(16)8-9-13(17-14)20-12-7-5-4-6-11(12)18-19-20/h4-9H,16H2,1-3H3. The molecule has 2 aromatic heterocycles. The largest absolute Gasteiger partial charge is 0.470 e. The maximum atomic E-state index is 5.93. The topological polar surface area (TPSA) is 78.8 Å². The van der Waals surface area contributed by atoms with Gasteiger partial charge in [0, 0.05) is 0 Å². The SMILES string of the molecule is CC(C)(C)Oc1nc(-n2nnc3ccccc32)ccc1N. The van der Waals surface area contributed by atoms with Gasteiger partial charge >= 0.3 is 0 Å². The zero-order valence-electron chi connectivity index (χ0n) is 12.2. The molecule has 0 aliphatic heterocycles. The molecule has 3 aromatic rings. The van der Waals surface area contributed by atoms with Gasteiger partial charge in [-0.3, -0.25) is 0 Å². The fourth-order valence-corrected chi connectivity index (χ4v) is 1.97. The molecule has 0 bridgehead atoms. The molecule has 0 fully saturated rings. The highest BCUT2D eigenvalue weighted by Gasteiger charge is 2.16. The summed E-state index contributed by atoms with van der Waals surface area (Å²) in [5.41, 5.74) is 7.76. The number of ether oxygens (including phenoxy) is 1. The van der Waals surface area contributed by atoms with Crippen LogP contribution in [0.15, 0.2) is 36.4 Å². The zero-order valence-corrected chi connectivity index (χ0v) is 12.2. The molecule has 2 heterocycles. The van der Waals surface area contributed by atoms with E-state index in [0.29, 0.717) is 17.4 Å². The van der Waals surface area contributed by atoms with E-state index in [0.717, 1.165) is 11.0 Å². The number of benzene rings is 1. The average Bonchev–Trinajstić information content (AvgIpc) is 2.84. The van der Waals surface area contributed by atoms with Crippen molar-refractivity contribution >= 4 is 16.7 Å². The number of para-hydroxylation sites is 1. The fourth-order valence-electron chi connectivity index (χ4n) is 1.97. The molecule has 108 valence electrons. The van der Waals surface area contributed by atoms with Crippen molar-refractivity contribution in [3.63, 3.8) is 0 Å². The van der Waals surface area contributed by atoms with E-state index in [1.165, 1.54) is 0 Å². The number of anilines is 1. The van der Waals surface area contributed by atoms with E-state index in [1.54, 1.807) is 16.8 Å². The van der Waals surface area contributed by atoms with Gasteiger partial charge in [-0.1, -0.05) is 17.3 Å². The normalized spacial score (nSPS) is 11.8. The lowest BCUT2D eigenvalue weighted by Gasteiger charge is -2.21. The van der Waals surface area contributed by atoms with Gasteiger partial charge < -0.3 is 10.5 Å².